The number of aromatic hydroxyl groups is 1. The van der Waals surface area contributed by atoms with Gasteiger partial charge in [0.2, 0.25) is 12.7 Å². The SMILES string of the molecule is Oc1c(Cc2ccc3c(c2)OCO3)c(C(F)(F)F)nn1Cc1cccc(Cl)c1. The summed E-state index contributed by atoms with van der Waals surface area (Å²) in [5.74, 6) is 0.447. The second-order valence-electron chi connectivity index (χ2n) is 6.30. The number of benzene rings is 2. The first-order valence-electron chi connectivity index (χ1n) is 8.30. The van der Waals surface area contributed by atoms with Gasteiger partial charge in [0.15, 0.2) is 17.2 Å². The average molecular weight is 411 g/mol. The number of fused-ring (bicyclic) bond motifs is 1. The molecule has 0 saturated heterocycles. The van der Waals surface area contributed by atoms with Gasteiger partial charge in [-0.15, -0.1) is 0 Å². The first-order chi connectivity index (χ1) is 13.3. The van der Waals surface area contributed by atoms with Crippen molar-refractivity contribution in [2.45, 2.75) is 19.1 Å². The predicted octanol–water partition coefficient (Wildman–Crippen LogP) is 4.63. The van der Waals surface area contributed by atoms with Crippen molar-refractivity contribution >= 4 is 11.6 Å². The van der Waals surface area contributed by atoms with Gasteiger partial charge >= 0.3 is 6.18 Å². The van der Waals surface area contributed by atoms with E-state index in [1.807, 2.05) is 0 Å². The standard InChI is InChI=1S/C19H14ClF3N2O3/c20-13-3-1-2-12(6-13)9-25-18(26)14(17(24-25)19(21,22)23)7-11-4-5-15-16(8-11)28-10-27-15/h1-6,8,26H,7,9-10H2. The van der Waals surface area contributed by atoms with Gasteiger partial charge in [0.1, 0.15) is 0 Å². The molecule has 1 aromatic heterocycles. The molecule has 0 atom stereocenters. The van der Waals surface area contributed by atoms with Crippen LogP contribution in [-0.2, 0) is 19.1 Å². The van der Waals surface area contributed by atoms with Gasteiger partial charge in [0.25, 0.3) is 0 Å². The van der Waals surface area contributed by atoms with Crippen molar-refractivity contribution in [1.29, 1.82) is 0 Å². The largest absolute Gasteiger partial charge is 0.493 e. The Labute approximate surface area is 162 Å². The van der Waals surface area contributed by atoms with Gasteiger partial charge in [0.05, 0.1) is 12.1 Å². The van der Waals surface area contributed by atoms with Crippen LogP contribution in [0, 0.1) is 0 Å². The number of hydrogen-bond donors (Lipinski definition) is 1. The summed E-state index contributed by atoms with van der Waals surface area (Å²) in [6.45, 7) is 0.0199. The topological polar surface area (TPSA) is 56.5 Å². The van der Waals surface area contributed by atoms with E-state index in [2.05, 4.69) is 5.10 Å². The van der Waals surface area contributed by atoms with E-state index in [1.165, 1.54) is 0 Å². The van der Waals surface area contributed by atoms with E-state index in [1.54, 1.807) is 42.5 Å². The number of alkyl halides is 3. The smallest absolute Gasteiger partial charge is 0.435 e. The van der Waals surface area contributed by atoms with E-state index >= 15 is 0 Å². The maximum Gasteiger partial charge on any atom is 0.435 e. The highest BCUT2D eigenvalue weighted by atomic mass is 35.5. The van der Waals surface area contributed by atoms with Crippen LogP contribution in [0.3, 0.4) is 0 Å². The van der Waals surface area contributed by atoms with Crippen LogP contribution in [0.5, 0.6) is 17.4 Å². The lowest BCUT2D eigenvalue weighted by atomic mass is 10.0. The molecule has 1 aliphatic heterocycles. The fraction of sp³-hybridized carbons (Fsp3) is 0.211. The number of ether oxygens (including phenoxy) is 2. The Morgan fingerprint density at radius 3 is 2.61 bits per heavy atom. The zero-order chi connectivity index (χ0) is 19.9. The van der Waals surface area contributed by atoms with E-state index in [4.69, 9.17) is 21.1 Å². The van der Waals surface area contributed by atoms with Crippen molar-refractivity contribution in [3.8, 4) is 17.4 Å². The fourth-order valence-corrected chi connectivity index (χ4v) is 3.27. The van der Waals surface area contributed by atoms with E-state index in [-0.39, 0.29) is 25.3 Å². The summed E-state index contributed by atoms with van der Waals surface area (Å²) in [5, 5.41) is 14.5. The molecule has 1 aliphatic rings. The molecule has 1 N–H and O–H groups in total. The zero-order valence-corrected chi connectivity index (χ0v) is 15.1. The normalized spacial score (nSPS) is 13.1. The minimum atomic E-state index is -4.71. The summed E-state index contributed by atoms with van der Waals surface area (Å²) in [5.41, 5.74) is -0.265. The molecule has 0 amide bonds. The maximum atomic E-state index is 13.5. The van der Waals surface area contributed by atoms with Crippen LogP contribution >= 0.6 is 11.6 Å². The molecule has 0 saturated carbocycles. The first-order valence-corrected chi connectivity index (χ1v) is 8.68. The molecule has 0 spiro atoms. The van der Waals surface area contributed by atoms with Crippen LogP contribution in [0.4, 0.5) is 13.2 Å². The van der Waals surface area contributed by atoms with Gasteiger partial charge in [-0.25, -0.2) is 4.68 Å². The lowest BCUT2D eigenvalue weighted by Crippen LogP contribution is -2.10. The van der Waals surface area contributed by atoms with Gasteiger partial charge in [-0.3, -0.25) is 0 Å². The second-order valence-corrected chi connectivity index (χ2v) is 6.74. The molecule has 146 valence electrons. The van der Waals surface area contributed by atoms with Crippen LogP contribution in [0.25, 0.3) is 0 Å². The van der Waals surface area contributed by atoms with Gasteiger partial charge < -0.3 is 14.6 Å². The summed E-state index contributed by atoms with van der Waals surface area (Å²) in [7, 11) is 0. The molecule has 0 bridgehead atoms. The number of rotatable bonds is 4. The van der Waals surface area contributed by atoms with Crippen molar-refractivity contribution in [3.63, 3.8) is 0 Å². The van der Waals surface area contributed by atoms with E-state index < -0.39 is 17.8 Å². The highest BCUT2D eigenvalue weighted by Crippen LogP contribution is 2.38. The van der Waals surface area contributed by atoms with Crippen molar-refractivity contribution in [3.05, 3.63) is 69.9 Å². The molecular weight excluding hydrogens is 397 g/mol. The summed E-state index contributed by atoms with van der Waals surface area (Å²) in [6.07, 6.45) is -4.87. The number of halogens is 4. The highest BCUT2D eigenvalue weighted by Gasteiger charge is 2.39. The molecule has 2 heterocycles. The fourth-order valence-electron chi connectivity index (χ4n) is 3.05. The van der Waals surface area contributed by atoms with Crippen LogP contribution in [0.1, 0.15) is 22.4 Å². The third-order valence-electron chi connectivity index (χ3n) is 4.33. The van der Waals surface area contributed by atoms with E-state index in [9.17, 15) is 18.3 Å². The Hall–Kier alpha value is -2.87. The number of hydrogen-bond acceptors (Lipinski definition) is 4. The Kier molecular flexibility index (Phi) is 4.58. The lowest BCUT2D eigenvalue weighted by molar-refractivity contribution is -0.142. The van der Waals surface area contributed by atoms with Crippen LogP contribution in [0.2, 0.25) is 5.02 Å². The van der Waals surface area contributed by atoms with Crippen molar-refractivity contribution < 1.29 is 27.8 Å². The number of nitrogens with zero attached hydrogens (tertiary/aromatic N) is 2. The molecule has 28 heavy (non-hydrogen) atoms. The lowest BCUT2D eigenvalue weighted by Gasteiger charge is -2.07. The van der Waals surface area contributed by atoms with Crippen molar-refractivity contribution in [2.75, 3.05) is 6.79 Å². The summed E-state index contributed by atoms with van der Waals surface area (Å²) in [4.78, 5) is 0. The van der Waals surface area contributed by atoms with Crippen LogP contribution in [-0.4, -0.2) is 21.7 Å². The number of aromatic nitrogens is 2. The third-order valence-corrected chi connectivity index (χ3v) is 4.56. The molecule has 9 heteroatoms. The molecule has 5 nitrogen and oxygen atoms in total. The Balaban J connectivity index is 1.70. The quantitative estimate of drug-likeness (QED) is 0.681. The minimum absolute atomic E-state index is 0.0450. The van der Waals surface area contributed by atoms with Gasteiger partial charge in [-0.2, -0.15) is 18.3 Å². The molecule has 0 aliphatic carbocycles. The molecule has 2 aromatic carbocycles. The second kappa shape index (κ2) is 6.94. The Morgan fingerprint density at radius 2 is 1.86 bits per heavy atom. The molecule has 0 radical (unpaired) electrons. The predicted molar refractivity (Wildman–Crippen MR) is 94.8 cm³/mol. The van der Waals surface area contributed by atoms with Crippen LogP contribution in [0.15, 0.2) is 42.5 Å². The van der Waals surface area contributed by atoms with Crippen molar-refractivity contribution in [1.82, 2.24) is 9.78 Å². The molecule has 3 aromatic rings. The third kappa shape index (κ3) is 3.60. The minimum Gasteiger partial charge on any atom is -0.493 e. The summed E-state index contributed by atoms with van der Waals surface area (Å²) < 4.78 is 51.9. The van der Waals surface area contributed by atoms with Crippen molar-refractivity contribution in [2.24, 2.45) is 0 Å². The van der Waals surface area contributed by atoms with Gasteiger partial charge in [-0.05, 0) is 35.4 Å². The Bertz CT molecular complexity index is 1030. The molecule has 0 fully saturated rings. The molecule has 4 rings (SSSR count). The molecular formula is C19H14ClF3N2O3. The van der Waals surface area contributed by atoms with Crippen LogP contribution < -0.4 is 9.47 Å². The summed E-state index contributed by atoms with van der Waals surface area (Å²) >= 11 is 5.92. The van der Waals surface area contributed by atoms with E-state index in [0.717, 1.165) is 4.68 Å². The monoisotopic (exact) mass is 410 g/mol. The summed E-state index contributed by atoms with van der Waals surface area (Å²) in [6, 6.07) is 11.5. The van der Waals surface area contributed by atoms with E-state index in [0.29, 0.717) is 27.6 Å². The first kappa shape index (κ1) is 18.5. The highest BCUT2D eigenvalue weighted by molar-refractivity contribution is 6.30. The zero-order valence-electron chi connectivity index (χ0n) is 14.3. The van der Waals surface area contributed by atoms with Gasteiger partial charge in [-0.1, -0.05) is 29.8 Å². The Morgan fingerprint density at radius 1 is 1.07 bits per heavy atom. The maximum absolute atomic E-state index is 13.5. The average Bonchev–Trinajstić information content (AvgIpc) is 3.21. The molecule has 0 unspecified atom stereocenters. The van der Waals surface area contributed by atoms with Gasteiger partial charge in [0, 0.05) is 11.4 Å².